The van der Waals surface area contributed by atoms with Gasteiger partial charge in [-0.3, -0.25) is 0 Å². The average Bonchev–Trinajstić information content (AvgIpc) is 2.80. The zero-order chi connectivity index (χ0) is 11.2. The number of nitrogens with zero attached hydrogens (tertiary/aromatic N) is 2. The lowest BCUT2D eigenvalue weighted by atomic mass is 10.3. The molecule has 84 valence electrons. The minimum atomic E-state index is 0.672. The van der Waals surface area contributed by atoms with Crippen LogP contribution in [0.3, 0.4) is 0 Å². The van der Waals surface area contributed by atoms with Crippen molar-refractivity contribution in [1.82, 2.24) is 9.36 Å². The highest BCUT2D eigenvalue weighted by Gasteiger charge is 1.98. The van der Waals surface area contributed by atoms with Crippen LogP contribution in [0.1, 0.15) is 0 Å². The number of hydrogen-bond donors (Lipinski definition) is 0. The van der Waals surface area contributed by atoms with Crippen LogP contribution >= 0.6 is 39.2 Å². The largest absolute Gasteiger partial charge is 0.493 e. The molecule has 0 fully saturated rings. The Morgan fingerprint density at radius 3 is 2.81 bits per heavy atom. The summed E-state index contributed by atoms with van der Waals surface area (Å²) < 4.78 is 11.6. The Hall–Kier alpha value is -0.590. The third-order valence-corrected chi connectivity index (χ3v) is 4.02. The molecule has 1 aromatic heterocycles. The van der Waals surface area contributed by atoms with Gasteiger partial charge in [-0.15, -0.1) is 0 Å². The highest BCUT2D eigenvalue weighted by Crippen LogP contribution is 2.19. The van der Waals surface area contributed by atoms with E-state index in [4.69, 9.17) is 4.74 Å². The monoisotopic (exact) mass is 316 g/mol. The molecule has 0 amide bonds. The smallest absolute Gasteiger partial charge is 0.169 e. The van der Waals surface area contributed by atoms with Crippen molar-refractivity contribution in [1.29, 1.82) is 0 Å². The van der Waals surface area contributed by atoms with Crippen LogP contribution in [-0.2, 0) is 0 Å². The number of hydrogen-bond acceptors (Lipinski definition) is 5. The summed E-state index contributed by atoms with van der Waals surface area (Å²) in [6, 6.07) is 7.82. The lowest BCUT2D eigenvalue weighted by Crippen LogP contribution is -1.99. The number of thioether (sulfide) groups is 1. The summed E-state index contributed by atoms with van der Waals surface area (Å²) in [6.07, 6.45) is 1.57. The number of benzene rings is 1. The lowest BCUT2D eigenvalue weighted by Gasteiger charge is -2.04. The van der Waals surface area contributed by atoms with Gasteiger partial charge in [0.1, 0.15) is 12.1 Å². The molecule has 1 aromatic carbocycles. The van der Waals surface area contributed by atoms with E-state index in [2.05, 4.69) is 25.3 Å². The minimum Gasteiger partial charge on any atom is -0.493 e. The summed E-state index contributed by atoms with van der Waals surface area (Å²) in [6.45, 7) is 0.672. The molecule has 0 N–H and O–H groups in total. The number of ether oxygens (including phenoxy) is 1. The summed E-state index contributed by atoms with van der Waals surface area (Å²) in [5.41, 5.74) is 0. The van der Waals surface area contributed by atoms with E-state index in [1.165, 1.54) is 11.5 Å². The molecule has 0 atom stereocenters. The molecular formula is C10H9BrN2OS2. The van der Waals surface area contributed by atoms with Crippen LogP contribution in [0, 0.1) is 0 Å². The van der Waals surface area contributed by atoms with E-state index < -0.39 is 0 Å². The van der Waals surface area contributed by atoms with Crippen molar-refractivity contribution in [2.75, 3.05) is 12.4 Å². The summed E-state index contributed by atoms with van der Waals surface area (Å²) in [7, 11) is 0. The van der Waals surface area contributed by atoms with Gasteiger partial charge in [0.05, 0.1) is 6.61 Å². The van der Waals surface area contributed by atoms with Crippen LogP contribution in [0.5, 0.6) is 5.75 Å². The molecule has 16 heavy (non-hydrogen) atoms. The normalized spacial score (nSPS) is 10.3. The van der Waals surface area contributed by atoms with Crippen molar-refractivity contribution in [2.45, 2.75) is 4.34 Å². The Morgan fingerprint density at radius 2 is 2.12 bits per heavy atom. The summed E-state index contributed by atoms with van der Waals surface area (Å²) in [4.78, 5) is 4.08. The van der Waals surface area contributed by atoms with E-state index in [1.807, 2.05) is 24.3 Å². The van der Waals surface area contributed by atoms with Gasteiger partial charge in [-0.1, -0.05) is 27.7 Å². The van der Waals surface area contributed by atoms with Gasteiger partial charge >= 0.3 is 0 Å². The van der Waals surface area contributed by atoms with E-state index in [0.717, 1.165) is 20.3 Å². The molecule has 0 radical (unpaired) electrons. The van der Waals surface area contributed by atoms with Crippen molar-refractivity contribution in [3.63, 3.8) is 0 Å². The van der Waals surface area contributed by atoms with Crippen LogP contribution in [0.15, 0.2) is 39.4 Å². The Morgan fingerprint density at radius 1 is 1.31 bits per heavy atom. The van der Waals surface area contributed by atoms with Crippen molar-refractivity contribution < 1.29 is 4.74 Å². The maximum Gasteiger partial charge on any atom is 0.169 e. The first-order valence-electron chi connectivity index (χ1n) is 4.62. The van der Waals surface area contributed by atoms with Crippen LogP contribution in [0.4, 0.5) is 0 Å². The molecule has 6 heteroatoms. The zero-order valence-corrected chi connectivity index (χ0v) is 11.5. The van der Waals surface area contributed by atoms with Gasteiger partial charge < -0.3 is 4.74 Å². The van der Waals surface area contributed by atoms with Crippen molar-refractivity contribution in [3.8, 4) is 5.75 Å². The molecule has 0 saturated heterocycles. The Labute approximate surface area is 111 Å². The SMILES string of the molecule is Brc1ccc(OCCSc2ncns2)cc1. The zero-order valence-electron chi connectivity index (χ0n) is 8.30. The molecule has 0 unspecified atom stereocenters. The van der Waals surface area contributed by atoms with Crippen molar-refractivity contribution in [2.24, 2.45) is 0 Å². The maximum atomic E-state index is 5.57. The topological polar surface area (TPSA) is 35.0 Å². The van der Waals surface area contributed by atoms with Crippen molar-refractivity contribution >= 4 is 39.2 Å². The van der Waals surface area contributed by atoms with Gasteiger partial charge in [-0.05, 0) is 35.8 Å². The molecule has 3 nitrogen and oxygen atoms in total. The quantitative estimate of drug-likeness (QED) is 0.625. The van der Waals surface area contributed by atoms with E-state index in [1.54, 1.807) is 18.1 Å². The second-order valence-electron chi connectivity index (χ2n) is 2.86. The van der Waals surface area contributed by atoms with Gasteiger partial charge in [-0.2, -0.15) is 4.37 Å². The second-order valence-corrected chi connectivity index (χ2v) is 5.90. The highest BCUT2D eigenvalue weighted by molar-refractivity contribution is 9.10. The predicted octanol–water partition coefficient (Wildman–Crippen LogP) is 3.47. The minimum absolute atomic E-state index is 0.672. The first kappa shape index (κ1) is 11.9. The molecule has 0 aliphatic heterocycles. The van der Waals surface area contributed by atoms with Crippen LogP contribution < -0.4 is 4.74 Å². The molecule has 0 saturated carbocycles. The number of aromatic nitrogens is 2. The summed E-state index contributed by atoms with van der Waals surface area (Å²) >= 11 is 6.45. The third kappa shape index (κ3) is 3.77. The van der Waals surface area contributed by atoms with E-state index in [0.29, 0.717) is 6.61 Å². The Kier molecular flexibility index (Phi) is 4.62. The van der Waals surface area contributed by atoms with E-state index in [9.17, 15) is 0 Å². The van der Waals surface area contributed by atoms with E-state index in [-0.39, 0.29) is 0 Å². The van der Waals surface area contributed by atoms with Gasteiger partial charge in [-0.25, -0.2) is 4.98 Å². The van der Waals surface area contributed by atoms with Gasteiger partial charge in [0.2, 0.25) is 0 Å². The standard InChI is InChI=1S/C10H9BrN2OS2/c11-8-1-3-9(4-2-8)14-5-6-15-10-12-7-13-16-10/h1-4,7H,5-6H2. The molecule has 0 spiro atoms. The molecule has 2 rings (SSSR count). The summed E-state index contributed by atoms with van der Waals surface area (Å²) in [5.74, 6) is 1.77. The fourth-order valence-electron chi connectivity index (χ4n) is 1.05. The van der Waals surface area contributed by atoms with E-state index >= 15 is 0 Å². The lowest BCUT2D eigenvalue weighted by molar-refractivity contribution is 0.344. The first-order valence-corrected chi connectivity index (χ1v) is 7.17. The van der Waals surface area contributed by atoms with Crippen LogP contribution in [0.2, 0.25) is 0 Å². The predicted molar refractivity (Wildman–Crippen MR) is 70.3 cm³/mol. The summed E-state index contributed by atoms with van der Waals surface area (Å²) in [5, 5.41) is 0. The molecule has 0 aliphatic rings. The Balaban J connectivity index is 1.70. The van der Waals surface area contributed by atoms with Crippen molar-refractivity contribution in [3.05, 3.63) is 35.1 Å². The van der Waals surface area contributed by atoms with Gasteiger partial charge in [0.15, 0.2) is 4.34 Å². The number of halogens is 1. The van der Waals surface area contributed by atoms with Crippen LogP contribution in [0.25, 0.3) is 0 Å². The first-order chi connectivity index (χ1) is 7.84. The molecule has 1 heterocycles. The fourth-order valence-corrected chi connectivity index (χ4v) is 2.64. The second kappa shape index (κ2) is 6.22. The van der Waals surface area contributed by atoms with Gasteiger partial charge in [0.25, 0.3) is 0 Å². The Bertz CT molecular complexity index is 419. The maximum absolute atomic E-state index is 5.57. The molecular weight excluding hydrogens is 308 g/mol. The molecule has 0 bridgehead atoms. The average molecular weight is 317 g/mol. The third-order valence-electron chi connectivity index (χ3n) is 1.73. The highest BCUT2D eigenvalue weighted by atomic mass is 79.9. The number of rotatable bonds is 5. The van der Waals surface area contributed by atoms with Gasteiger partial charge in [0, 0.05) is 10.2 Å². The van der Waals surface area contributed by atoms with Crippen LogP contribution in [-0.4, -0.2) is 21.7 Å². The molecule has 2 aromatic rings. The fraction of sp³-hybridized carbons (Fsp3) is 0.200. The molecule has 0 aliphatic carbocycles.